The van der Waals surface area contributed by atoms with Crippen LogP contribution in [0.4, 0.5) is 0 Å². The molecule has 0 amide bonds. The Morgan fingerprint density at radius 2 is 1.96 bits per heavy atom. The number of hydrogen-bond donors (Lipinski definition) is 3. The minimum absolute atomic E-state index is 0.118. The number of fused-ring (bicyclic) bond motifs is 2. The van der Waals surface area contributed by atoms with Crippen molar-refractivity contribution < 1.29 is 15.0 Å². The third kappa shape index (κ3) is 2.64. The van der Waals surface area contributed by atoms with E-state index < -0.39 is 5.97 Å². The quantitative estimate of drug-likeness (QED) is 0.476. The third-order valence-corrected chi connectivity index (χ3v) is 4.73. The number of para-hydroxylation sites is 1. The number of hydrogen-bond acceptors (Lipinski definition) is 3. The third-order valence-electron chi connectivity index (χ3n) is 4.24. The molecule has 0 bridgehead atoms. The second-order valence-electron chi connectivity index (χ2n) is 5.79. The molecule has 0 aliphatic carbocycles. The van der Waals surface area contributed by atoms with Gasteiger partial charge < -0.3 is 15.2 Å². The molecule has 0 aliphatic heterocycles. The number of carbonyl (C=O) groups is 1. The first-order valence-electron chi connectivity index (χ1n) is 7.64. The summed E-state index contributed by atoms with van der Waals surface area (Å²) >= 11 is 3.38. The van der Waals surface area contributed by atoms with Gasteiger partial charge >= 0.3 is 5.97 Å². The zero-order valence-corrected chi connectivity index (χ0v) is 14.5. The summed E-state index contributed by atoms with van der Waals surface area (Å²) in [5, 5.41) is 21.5. The number of H-pyrrole nitrogens is 1. The number of aromatic nitrogens is 2. The SMILES string of the molecule is O=C(O)c1c(O)c(Cc2c[nH]c3ccccc23)nc2cc(Br)ccc12. The summed E-state index contributed by atoms with van der Waals surface area (Å²) in [5.41, 5.74) is 2.68. The van der Waals surface area contributed by atoms with Crippen LogP contribution in [0.5, 0.6) is 5.75 Å². The van der Waals surface area contributed by atoms with Gasteiger partial charge in [0.15, 0.2) is 5.75 Å². The Morgan fingerprint density at radius 1 is 1.16 bits per heavy atom. The molecule has 0 atom stereocenters. The molecule has 2 aromatic carbocycles. The Morgan fingerprint density at radius 3 is 2.76 bits per heavy atom. The minimum atomic E-state index is -1.17. The van der Waals surface area contributed by atoms with Gasteiger partial charge in [-0.2, -0.15) is 0 Å². The summed E-state index contributed by atoms with van der Waals surface area (Å²) in [6, 6.07) is 12.9. The maximum Gasteiger partial charge on any atom is 0.340 e. The second kappa shape index (κ2) is 5.89. The maximum atomic E-state index is 11.7. The molecule has 0 saturated carbocycles. The number of carboxylic acid groups (broad SMARTS) is 1. The molecular formula is C19H13BrN2O3. The highest BCUT2D eigenvalue weighted by Gasteiger charge is 2.20. The molecule has 0 spiro atoms. The highest BCUT2D eigenvalue weighted by molar-refractivity contribution is 9.10. The van der Waals surface area contributed by atoms with E-state index in [1.165, 1.54) is 0 Å². The normalized spacial score (nSPS) is 11.2. The average Bonchev–Trinajstić information content (AvgIpc) is 2.99. The predicted octanol–water partition coefficient (Wildman–Crippen LogP) is 4.47. The maximum absolute atomic E-state index is 11.7. The lowest BCUT2D eigenvalue weighted by molar-refractivity contribution is 0.0695. The van der Waals surface area contributed by atoms with Crippen LogP contribution < -0.4 is 0 Å². The number of rotatable bonds is 3. The summed E-state index contributed by atoms with van der Waals surface area (Å²) < 4.78 is 0.799. The van der Waals surface area contributed by atoms with Crippen LogP contribution in [-0.2, 0) is 6.42 Å². The van der Waals surface area contributed by atoms with Crippen molar-refractivity contribution in [2.24, 2.45) is 0 Å². The molecule has 0 fully saturated rings. The molecule has 5 nitrogen and oxygen atoms in total. The Labute approximate surface area is 151 Å². The molecule has 2 heterocycles. The van der Waals surface area contributed by atoms with Crippen LogP contribution in [0, 0.1) is 0 Å². The van der Waals surface area contributed by atoms with E-state index in [0.29, 0.717) is 23.0 Å². The average molecular weight is 397 g/mol. The van der Waals surface area contributed by atoms with E-state index in [-0.39, 0.29) is 11.3 Å². The molecule has 4 rings (SSSR count). The van der Waals surface area contributed by atoms with E-state index in [2.05, 4.69) is 25.9 Å². The van der Waals surface area contributed by atoms with Gasteiger partial charge in [0.25, 0.3) is 0 Å². The van der Waals surface area contributed by atoms with Gasteiger partial charge in [0, 0.05) is 33.4 Å². The predicted molar refractivity (Wildman–Crippen MR) is 99.2 cm³/mol. The highest BCUT2D eigenvalue weighted by Crippen LogP contribution is 2.33. The van der Waals surface area contributed by atoms with Crippen LogP contribution in [0.3, 0.4) is 0 Å². The van der Waals surface area contributed by atoms with E-state index >= 15 is 0 Å². The molecule has 25 heavy (non-hydrogen) atoms. The number of halogens is 1. The fourth-order valence-electron chi connectivity index (χ4n) is 3.08. The van der Waals surface area contributed by atoms with Crippen molar-refractivity contribution >= 4 is 43.7 Å². The number of aromatic hydroxyl groups is 1. The van der Waals surface area contributed by atoms with E-state index in [1.807, 2.05) is 30.5 Å². The van der Waals surface area contributed by atoms with E-state index in [1.54, 1.807) is 18.2 Å². The van der Waals surface area contributed by atoms with Gasteiger partial charge in [-0.05, 0) is 23.8 Å². The summed E-state index contributed by atoms with van der Waals surface area (Å²) in [5.74, 6) is -1.46. The molecule has 3 N–H and O–H groups in total. The van der Waals surface area contributed by atoms with Crippen LogP contribution in [0.1, 0.15) is 21.6 Å². The minimum Gasteiger partial charge on any atom is -0.505 e. The Kier molecular flexibility index (Phi) is 3.69. The topological polar surface area (TPSA) is 86.2 Å². The van der Waals surface area contributed by atoms with Crippen molar-refractivity contribution in [3.63, 3.8) is 0 Å². The number of nitrogens with one attached hydrogen (secondary N) is 1. The van der Waals surface area contributed by atoms with Crippen LogP contribution >= 0.6 is 15.9 Å². The molecule has 0 saturated heterocycles. The largest absolute Gasteiger partial charge is 0.505 e. The summed E-state index contributed by atoms with van der Waals surface area (Å²) in [6.07, 6.45) is 2.19. The number of nitrogens with zero attached hydrogens (tertiary/aromatic N) is 1. The van der Waals surface area contributed by atoms with Crippen molar-refractivity contribution in [1.82, 2.24) is 9.97 Å². The van der Waals surface area contributed by atoms with Crippen LogP contribution in [0.15, 0.2) is 53.1 Å². The second-order valence-corrected chi connectivity index (χ2v) is 6.70. The first kappa shape index (κ1) is 15.7. The van der Waals surface area contributed by atoms with Gasteiger partial charge in [-0.3, -0.25) is 0 Å². The number of benzene rings is 2. The smallest absolute Gasteiger partial charge is 0.340 e. The van der Waals surface area contributed by atoms with E-state index in [0.717, 1.165) is 20.9 Å². The number of aromatic amines is 1. The van der Waals surface area contributed by atoms with Crippen LogP contribution in [0.25, 0.3) is 21.8 Å². The number of pyridine rings is 1. The van der Waals surface area contributed by atoms with Crippen molar-refractivity contribution in [1.29, 1.82) is 0 Å². The first-order valence-corrected chi connectivity index (χ1v) is 8.43. The molecule has 0 aliphatic rings. The lowest BCUT2D eigenvalue weighted by Crippen LogP contribution is -2.04. The zero-order chi connectivity index (χ0) is 17.6. The fraction of sp³-hybridized carbons (Fsp3) is 0.0526. The van der Waals surface area contributed by atoms with Gasteiger partial charge in [0.1, 0.15) is 5.56 Å². The number of aromatic carboxylic acids is 1. The van der Waals surface area contributed by atoms with Gasteiger partial charge in [-0.25, -0.2) is 9.78 Å². The summed E-state index contributed by atoms with van der Waals surface area (Å²) in [6.45, 7) is 0. The molecule has 124 valence electrons. The standard InChI is InChI=1S/C19H13BrN2O3/c20-11-5-6-13-15(8-11)22-16(18(23)17(13)19(24)25)7-10-9-21-14-4-2-1-3-12(10)14/h1-6,8-9,21,23H,7H2,(H,24,25). The molecule has 6 heteroatoms. The van der Waals surface area contributed by atoms with E-state index in [9.17, 15) is 15.0 Å². The first-order chi connectivity index (χ1) is 12.0. The molecular weight excluding hydrogens is 384 g/mol. The molecule has 0 unspecified atom stereocenters. The lowest BCUT2D eigenvalue weighted by Gasteiger charge is -2.10. The Bertz CT molecular complexity index is 1130. The molecule has 0 radical (unpaired) electrons. The fourth-order valence-corrected chi connectivity index (χ4v) is 3.43. The Balaban J connectivity index is 1.92. The van der Waals surface area contributed by atoms with Crippen molar-refractivity contribution in [2.45, 2.75) is 6.42 Å². The van der Waals surface area contributed by atoms with Crippen molar-refractivity contribution in [3.8, 4) is 5.75 Å². The summed E-state index contributed by atoms with van der Waals surface area (Å²) in [7, 11) is 0. The highest BCUT2D eigenvalue weighted by atomic mass is 79.9. The monoisotopic (exact) mass is 396 g/mol. The van der Waals surface area contributed by atoms with Gasteiger partial charge in [0.05, 0.1) is 11.2 Å². The number of carboxylic acids is 1. The molecule has 4 aromatic rings. The van der Waals surface area contributed by atoms with Crippen LogP contribution in [-0.4, -0.2) is 26.2 Å². The Hall–Kier alpha value is -2.86. The van der Waals surface area contributed by atoms with Gasteiger partial charge in [0.2, 0.25) is 0 Å². The zero-order valence-electron chi connectivity index (χ0n) is 13.0. The van der Waals surface area contributed by atoms with Gasteiger partial charge in [-0.1, -0.05) is 40.2 Å². The lowest BCUT2D eigenvalue weighted by atomic mass is 10.0. The molecule has 2 aromatic heterocycles. The van der Waals surface area contributed by atoms with Crippen LogP contribution in [0.2, 0.25) is 0 Å². The van der Waals surface area contributed by atoms with E-state index in [4.69, 9.17) is 0 Å². The van der Waals surface area contributed by atoms with Crippen molar-refractivity contribution in [3.05, 3.63) is 70.0 Å². The summed E-state index contributed by atoms with van der Waals surface area (Å²) in [4.78, 5) is 19.4. The van der Waals surface area contributed by atoms with Gasteiger partial charge in [-0.15, -0.1) is 0 Å². The van der Waals surface area contributed by atoms with Crippen molar-refractivity contribution in [2.75, 3.05) is 0 Å².